The molecule has 0 aromatic carbocycles. The highest BCUT2D eigenvalue weighted by Crippen LogP contribution is 2.02. The van der Waals surface area contributed by atoms with E-state index in [0.29, 0.717) is 6.54 Å². The monoisotopic (exact) mass is 278 g/mol. The van der Waals surface area contributed by atoms with Crippen LogP contribution in [0.4, 0.5) is 0 Å². The predicted molar refractivity (Wildman–Crippen MR) is 57.8 cm³/mol. The van der Waals surface area contributed by atoms with Crippen molar-refractivity contribution in [3.8, 4) is 0 Å². The normalized spacial score (nSPS) is 11.5. The minimum atomic E-state index is -3.41. The van der Waals surface area contributed by atoms with Crippen molar-refractivity contribution in [2.75, 3.05) is 11.9 Å². The molecule has 4 nitrogen and oxygen atoms in total. The molecule has 0 spiro atoms. The van der Waals surface area contributed by atoms with Crippen LogP contribution in [-0.2, 0) is 10.0 Å². The van der Waals surface area contributed by atoms with Gasteiger partial charge < -0.3 is 0 Å². The fourth-order valence-corrected chi connectivity index (χ4v) is 2.15. The van der Waals surface area contributed by atoms with Crippen LogP contribution in [0, 0.1) is 0 Å². The third-order valence-electron chi connectivity index (χ3n) is 1.52. The van der Waals surface area contributed by atoms with Gasteiger partial charge in [0.25, 0.3) is 10.0 Å². The van der Waals surface area contributed by atoms with Crippen molar-refractivity contribution < 1.29 is 8.42 Å². The highest BCUT2D eigenvalue weighted by atomic mass is 79.9. The molecular formula is C8H11BrN2O2S. The molecule has 0 amide bonds. The van der Waals surface area contributed by atoms with Crippen molar-refractivity contribution >= 4 is 26.0 Å². The summed E-state index contributed by atoms with van der Waals surface area (Å²) in [5.74, 6) is 0. The highest BCUT2D eigenvalue weighted by molar-refractivity contribution is 9.09. The Morgan fingerprint density at radius 2 is 2.21 bits per heavy atom. The molecule has 0 aliphatic carbocycles. The first kappa shape index (κ1) is 11.6. The van der Waals surface area contributed by atoms with Crippen LogP contribution in [0.5, 0.6) is 0 Å². The highest BCUT2D eigenvalue weighted by Gasteiger charge is 2.13. The predicted octanol–water partition coefficient (Wildman–Crippen LogP) is 1.14. The minimum absolute atomic E-state index is 0.0644. The van der Waals surface area contributed by atoms with Gasteiger partial charge in [-0.25, -0.2) is 18.1 Å². The zero-order chi connectivity index (χ0) is 10.4. The summed E-state index contributed by atoms with van der Waals surface area (Å²) >= 11 is 3.22. The van der Waals surface area contributed by atoms with Crippen LogP contribution in [0.3, 0.4) is 0 Å². The van der Waals surface area contributed by atoms with E-state index in [9.17, 15) is 8.42 Å². The van der Waals surface area contributed by atoms with Crippen molar-refractivity contribution in [1.82, 2.24) is 9.71 Å². The quantitative estimate of drug-likeness (QED) is 0.649. The van der Waals surface area contributed by atoms with E-state index in [1.54, 1.807) is 12.1 Å². The Kier molecular flexibility index (Phi) is 4.50. The van der Waals surface area contributed by atoms with Crippen LogP contribution < -0.4 is 4.72 Å². The molecule has 0 atom stereocenters. The van der Waals surface area contributed by atoms with Crippen LogP contribution in [-0.4, -0.2) is 25.3 Å². The average Bonchev–Trinajstić information content (AvgIpc) is 2.19. The second-order valence-electron chi connectivity index (χ2n) is 2.61. The average molecular weight is 279 g/mol. The summed E-state index contributed by atoms with van der Waals surface area (Å²) in [5, 5.41) is 0.840. The van der Waals surface area contributed by atoms with Crippen molar-refractivity contribution in [1.29, 1.82) is 0 Å². The molecule has 1 rings (SSSR count). The number of nitrogens with one attached hydrogen (secondary N) is 1. The molecule has 1 N–H and O–H groups in total. The van der Waals surface area contributed by atoms with E-state index in [0.717, 1.165) is 11.8 Å². The molecule has 0 aliphatic heterocycles. The molecule has 0 fully saturated rings. The van der Waals surface area contributed by atoms with Crippen LogP contribution in [0.1, 0.15) is 6.42 Å². The second-order valence-corrected chi connectivity index (χ2v) is 5.12. The number of hydrogen-bond acceptors (Lipinski definition) is 3. The molecule has 0 aliphatic rings. The number of hydrogen-bond donors (Lipinski definition) is 1. The molecule has 14 heavy (non-hydrogen) atoms. The molecule has 0 radical (unpaired) electrons. The van der Waals surface area contributed by atoms with Gasteiger partial charge in [0.05, 0.1) is 0 Å². The number of halogens is 1. The van der Waals surface area contributed by atoms with Crippen molar-refractivity contribution in [2.24, 2.45) is 0 Å². The van der Waals surface area contributed by atoms with E-state index < -0.39 is 10.0 Å². The van der Waals surface area contributed by atoms with Gasteiger partial charge in [0, 0.05) is 18.1 Å². The summed E-state index contributed by atoms with van der Waals surface area (Å²) < 4.78 is 25.5. The van der Waals surface area contributed by atoms with E-state index in [1.165, 1.54) is 12.3 Å². The van der Waals surface area contributed by atoms with Crippen LogP contribution >= 0.6 is 15.9 Å². The van der Waals surface area contributed by atoms with Crippen LogP contribution in [0.15, 0.2) is 29.4 Å². The Morgan fingerprint density at radius 1 is 1.43 bits per heavy atom. The number of sulfonamides is 1. The molecule has 1 aromatic rings. The standard InChI is InChI=1S/C8H11BrN2O2S/c9-5-3-7-11-14(12,13)8-4-1-2-6-10-8/h1-2,4,6,11H,3,5,7H2. The SMILES string of the molecule is O=S(=O)(NCCCBr)c1ccccn1. The van der Waals surface area contributed by atoms with E-state index in [4.69, 9.17) is 0 Å². The lowest BCUT2D eigenvalue weighted by Crippen LogP contribution is -2.25. The van der Waals surface area contributed by atoms with Gasteiger partial charge in [0.2, 0.25) is 0 Å². The number of nitrogens with zero attached hydrogens (tertiary/aromatic N) is 1. The maximum absolute atomic E-state index is 11.5. The van der Waals surface area contributed by atoms with E-state index in [-0.39, 0.29) is 5.03 Å². The largest absolute Gasteiger partial charge is 0.258 e. The first-order valence-corrected chi connectivity index (χ1v) is 6.74. The number of aromatic nitrogens is 1. The summed E-state index contributed by atoms with van der Waals surface area (Å²) in [7, 11) is -3.41. The summed E-state index contributed by atoms with van der Waals surface area (Å²) in [4.78, 5) is 3.77. The first-order valence-electron chi connectivity index (χ1n) is 4.13. The van der Waals surface area contributed by atoms with Gasteiger partial charge in [-0.2, -0.15) is 0 Å². The summed E-state index contributed by atoms with van der Waals surface area (Å²) in [6.45, 7) is 0.421. The lowest BCUT2D eigenvalue weighted by atomic mass is 10.5. The maximum Gasteiger partial charge on any atom is 0.258 e. The third kappa shape index (κ3) is 3.36. The fraction of sp³-hybridized carbons (Fsp3) is 0.375. The lowest BCUT2D eigenvalue weighted by Gasteiger charge is -2.03. The zero-order valence-corrected chi connectivity index (χ0v) is 9.88. The molecule has 1 heterocycles. The number of rotatable bonds is 5. The minimum Gasteiger partial charge on any atom is -0.243 e. The van der Waals surface area contributed by atoms with Crippen molar-refractivity contribution in [2.45, 2.75) is 11.4 Å². The van der Waals surface area contributed by atoms with E-state index in [2.05, 4.69) is 25.6 Å². The van der Waals surface area contributed by atoms with Crippen molar-refractivity contribution in [3.05, 3.63) is 24.4 Å². The van der Waals surface area contributed by atoms with E-state index >= 15 is 0 Å². The first-order chi connectivity index (χ1) is 6.67. The van der Waals surface area contributed by atoms with Gasteiger partial charge in [0.15, 0.2) is 5.03 Å². The van der Waals surface area contributed by atoms with Gasteiger partial charge in [-0.15, -0.1) is 0 Å². The molecule has 0 saturated carbocycles. The smallest absolute Gasteiger partial charge is 0.243 e. The zero-order valence-electron chi connectivity index (χ0n) is 7.48. The molecule has 1 aromatic heterocycles. The van der Waals surface area contributed by atoms with Gasteiger partial charge in [-0.1, -0.05) is 22.0 Å². The number of alkyl halides is 1. The van der Waals surface area contributed by atoms with Gasteiger partial charge in [0.1, 0.15) is 0 Å². The summed E-state index contributed by atoms with van der Waals surface area (Å²) in [6.07, 6.45) is 2.21. The number of pyridine rings is 1. The molecule has 0 unspecified atom stereocenters. The third-order valence-corrected chi connectivity index (χ3v) is 3.45. The van der Waals surface area contributed by atoms with E-state index in [1.807, 2.05) is 0 Å². The van der Waals surface area contributed by atoms with Gasteiger partial charge in [-0.3, -0.25) is 0 Å². The maximum atomic E-state index is 11.5. The molecule has 6 heteroatoms. The Balaban J connectivity index is 2.67. The molecule has 0 bridgehead atoms. The topological polar surface area (TPSA) is 59.1 Å². The van der Waals surface area contributed by atoms with Gasteiger partial charge >= 0.3 is 0 Å². The van der Waals surface area contributed by atoms with Crippen LogP contribution in [0.2, 0.25) is 0 Å². The lowest BCUT2D eigenvalue weighted by molar-refractivity contribution is 0.577. The fourth-order valence-electron chi connectivity index (χ4n) is 0.853. The van der Waals surface area contributed by atoms with Crippen LogP contribution in [0.25, 0.3) is 0 Å². The Labute approximate surface area is 91.9 Å². The summed E-state index contributed by atoms with van der Waals surface area (Å²) in [6, 6.07) is 4.79. The molecular weight excluding hydrogens is 268 g/mol. The summed E-state index contributed by atoms with van der Waals surface area (Å²) in [5.41, 5.74) is 0. The van der Waals surface area contributed by atoms with Crippen molar-refractivity contribution in [3.63, 3.8) is 0 Å². The molecule has 78 valence electrons. The Bertz CT molecular complexity index is 366. The second kappa shape index (κ2) is 5.43. The van der Waals surface area contributed by atoms with Gasteiger partial charge in [-0.05, 0) is 18.6 Å². The molecule has 0 saturated heterocycles. The Hall–Kier alpha value is -0.460. The Morgan fingerprint density at radius 3 is 2.79 bits per heavy atom.